The molecule has 5 nitrogen and oxygen atoms in total. The number of nitriles is 1. The average molecular weight is 352 g/mol. The highest BCUT2D eigenvalue weighted by Crippen LogP contribution is 2.22. The molecule has 2 aromatic heterocycles. The standard InChI is InChI=1S/C19H17N3O2S/c20-13-15-9-12-25-19(15)22-17(23)8-10-21-18(16-7-4-11-24-16)14-5-2-1-3-6-14/h1-7,9,11-12,18,21H,8,10H2,(H,22,23)/p+1/t18-/m1/s1. The van der Waals surface area contributed by atoms with Crippen LogP contribution in [0.5, 0.6) is 0 Å². The quantitative estimate of drug-likeness (QED) is 0.686. The number of nitrogens with two attached hydrogens (primary N) is 1. The number of anilines is 1. The molecule has 0 aliphatic carbocycles. The SMILES string of the molecule is N#Cc1ccsc1NC(=O)CC[NH2+][C@H](c1ccccc1)c1ccco1. The Morgan fingerprint density at radius 2 is 2.08 bits per heavy atom. The summed E-state index contributed by atoms with van der Waals surface area (Å²) in [6.45, 7) is 0.610. The van der Waals surface area contributed by atoms with Gasteiger partial charge in [0.1, 0.15) is 11.1 Å². The number of benzene rings is 1. The first-order chi connectivity index (χ1) is 12.3. The molecular formula is C19H18N3O2S+. The highest BCUT2D eigenvalue weighted by atomic mass is 32.1. The average Bonchev–Trinajstić information content (AvgIpc) is 3.31. The third kappa shape index (κ3) is 4.35. The highest BCUT2D eigenvalue weighted by molar-refractivity contribution is 7.14. The molecule has 25 heavy (non-hydrogen) atoms. The lowest BCUT2D eigenvalue weighted by atomic mass is 10.0. The van der Waals surface area contributed by atoms with Crippen LogP contribution in [0.1, 0.15) is 29.3 Å². The highest BCUT2D eigenvalue weighted by Gasteiger charge is 2.20. The number of hydrogen-bond donors (Lipinski definition) is 2. The molecule has 126 valence electrons. The van der Waals surface area contributed by atoms with E-state index < -0.39 is 0 Å². The Hall–Kier alpha value is -2.88. The number of nitrogens with zero attached hydrogens (tertiary/aromatic N) is 1. The summed E-state index contributed by atoms with van der Waals surface area (Å²) >= 11 is 1.36. The van der Waals surface area contributed by atoms with Crippen molar-refractivity contribution in [2.45, 2.75) is 12.5 Å². The number of quaternary nitrogens is 1. The zero-order chi connectivity index (χ0) is 17.5. The van der Waals surface area contributed by atoms with Crippen molar-refractivity contribution in [3.8, 4) is 6.07 Å². The van der Waals surface area contributed by atoms with E-state index in [0.29, 0.717) is 23.5 Å². The van der Waals surface area contributed by atoms with Gasteiger partial charge in [-0.2, -0.15) is 5.26 Å². The van der Waals surface area contributed by atoms with Crippen LogP contribution in [0.3, 0.4) is 0 Å². The molecule has 1 atom stereocenters. The second-order valence-corrected chi connectivity index (χ2v) is 6.42. The van der Waals surface area contributed by atoms with Crippen molar-refractivity contribution in [1.29, 1.82) is 5.26 Å². The van der Waals surface area contributed by atoms with E-state index in [0.717, 1.165) is 11.3 Å². The van der Waals surface area contributed by atoms with Crippen molar-refractivity contribution in [1.82, 2.24) is 0 Å². The summed E-state index contributed by atoms with van der Waals surface area (Å²) in [4.78, 5) is 12.1. The number of hydrogen-bond acceptors (Lipinski definition) is 4. The van der Waals surface area contributed by atoms with Gasteiger partial charge in [-0.3, -0.25) is 4.79 Å². The van der Waals surface area contributed by atoms with Crippen molar-refractivity contribution < 1.29 is 14.5 Å². The molecule has 0 aliphatic rings. The van der Waals surface area contributed by atoms with E-state index in [1.54, 1.807) is 17.7 Å². The van der Waals surface area contributed by atoms with E-state index in [9.17, 15) is 4.79 Å². The molecule has 2 heterocycles. The maximum absolute atomic E-state index is 12.1. The van der Waals surface area contributed by atoms with Gasteiger partial charge in [-0.15, -0.1) is 11.3 Å². The zero-order valence-corrected chi connectivity index (χ0v) is 14.3. The van der Waals surface area contributed by atoms with Gasteiger partial charge in [-0.1, -0.05) is 30.3 Å². The first-order valence-electron chi connectivity index (χ1n) is 7.97. The number of rotatable bonds is 7. The van der Waals surface area contributed by atoms with E-state index >= 15 is 0 Å². The molecule has 3 aromatic rings. The van der Waals surface area contributed by atoms with Gasteiger partial charge in [-0.25, -0.2) is 0 Å². The van der Waals surface area contributed by atoms with E-state index in [1.165, 1.54) is 11.3 Å². The molecule has 3 N–H and O–H groups in total. The van der Waals surface area contributed by atoms with Gasteiger partial charge in [0.2, 0.25) is 5.91 Å². The van der Waals surface area contributed by atoms with Crippen molar-refractivity contribution in [2.24, 2.45) is 0 Å². The summed E-state index contributed by atoms with van der Waals surface area (Å²) in [5.74, 6) is 0.762. The lowest BCUT2D eigenvalue weighted by molar-refractivity contribution is -0.687. The number of furan rings is 1. The molecule has 1 aromatic carbocycles. The van der Waals surface area contributed by atoms with Crippen molar-refractivity contribution >= 4 is 22.2 Å². The number of carbonyl (C=O) groups excluding carboxylic acids is 1. The predicted molar refractivity (Wildman–Crippen MR) is 96.1 cm³/mol. The molecule has 0 saturated carbocycles. The van der Waals surface area contributed by atoms with E-state index in [2.05, 4.69) is 28.8 Å². The van der Waals surface area contributed by atoms with Crippen LogP contribution < -0.4 is 10.6 Å². The largest absolute Gasteiger partial charge is 0.463 e. The summed E-state index contributed by atoms with van der Waals surface area (Å²) in [7, 11) is 0. The summed E-state index contributed by atoms with van der Waals surface area (Å²) in [5, 5.41) is 16.3. The first kappa shape index (κ1) is 17.0. The third-order valence-electron chi connectivity index (χ3n) is 3.82. The molecule has 0 aliphatic heterocycles. The Kier molecular flexibility index (Phi) is 5.62. The van der Waals surface area contributed by atoms with Gasteiger partial charge in [-0.05, 0) is 23.6 Å². The van der Waals surface area contributed by atoms with Crippen molar-refractivity contribution in [3.05, 3.63) is 77.1 Å². The monoisotopic (exact) mass is 352 g/mol. The molecule has 0 bridgehead atoms. The number of amides is 1. The Balaban J connectivity index is 1.59. The summed E-state index contributed by atoms with van der Waals surface area (Å²) in [6.07, 6.45) is 2.01. The third-order valence-corrected chi connectivity index (χ3v) is 4.65. The number of thiophene rings is 1. The first-order valence-corrected chi connectivity index (χ1v) is 8.85. The van der Waals surface area contributed by atoms with Crippen LogP contribution >= 0.6 is 11.3 Å². The van der Waals surface area contributed by atoms with Crippen LogP contribution in [0, 0.1) is 11.3 Å². The van der Waals surface area contributed by atoms with Crippen LogP contribution in [-0.2, 0) is 4.79 Å². The number of carbonyl (C=O) groups is 1. The van der Waals surface area contributed by atoms with E-state index in [4.69, 9.17) is 9.68 Å². The van der Waals surface area contributed by atoms with Crippen LogP contribution in [0.2, 0.25) is 0 Å². The lowest BCUT2D eigenvalue weighted by Crippen LogP contribution is -2.85. The predicted octanol–water partition coefficient (Wildman–Crippen LogP) is 2.89. The van der Waals surface area contributed by atoms with Crippen LogP contribution in [0.4, 0.5) is 5.00 Å². The van der Waals surface area contributed by atoms with Gasteiger partial charge in [0.25, 0.3) is 0 Å². The van der Waals surface area contributed by atoms with Gasteiger partial charge in [0.15, 0.2) is 11.8 Å². The molecule has 0 fully saturated rings. The maximum atomic E-state index is 12.1. The topological polar surface area (TPSA) is 82.6 Å². The van der Waals surface area contributed by atoms with Gasteiger partial charge in [0, 0.05) is 5.56 Å². The molecule has 0 saturated heterocycles. The number of nitrogens with one attached hydrogen (secondary N) is 1. The fourth-order valence-electron chi connectivity index (χ4n) is 2.61. The molecule has 0 spiro atoms. The van der Waals surface area contributed by atoms with Gasteiger partial charge < -0.3 is 15.1 Å². The summed E-state index contributed by atoms with van der Waals surface area (Å²) < 4.78 is 5.56. The van der Waals surface area contributed by atoms with Gasteiger partial charge in [0.05, 0.1) is 24.8 Å². The second kappa shape index (κ2) is 8.29. The molecular weight excluding hydrogens is 334 g/mol. The molecule has 0 unspecified atom stereocenters. The molecule has 6 heteroatoms. The van der Waals surface area contributed by atoms with Crippen LogP contribution in [0.15, 0.2) is 64.6 Å². The minimum Gasteiger partial charge on any atom is -0.463 e. The maximum Gasteiger partial charge on any atom is 0.230 e. The second-order valence-electron chi connectivity index (χ2n) is 5.50. The van der Waals surface area contributed by atoms with Crippen LogP contribution in [-0.4, -0.2) is 12.5 Å². The molecule has 0 radical (unpaired) electrons. The summed E-state index contributed by atoms with van der Waals surface area (Å²) in [6, 6.07) is 17.7. The van der Waals surface area contributed by atoms with Crippen LogP contribution in [0.25, 0.3) is 0 Å². The van der Waals surface area contributed by atoms with Gasteiger partial charge >= 0.3 is 0 Å². The fourth-order valence-corrected chi connectivity index (χ4v) is 3.36. The van der Waals surface area contributed by atoms with E-state index in [1.807, 2.05) is 30.3 Å². The Bertz CT molecular complexity index is 850. The normalized spacial score (nSPS) is 11.6. The smallest absolute Gasteiger partial charge is 0.230 e. The Morgan fingerprint density at radius 3 is 2.80 bits per heavy atom. The fraction of sp³-hybridized carbons (Fsp3) is 0.158. The van der Waals surface area contributed by atoms with Crippen molar-refractivity contribution in [2.75, 3.05) is 11.9 Å². The Labute approximate surface area is 149 Å². The van der Waals surface area contributed by atoms with E-state index in [-0.39, 0.29) is 11.9 Å². The minimum atomic E-state index is -0.0959. The minimum absolute atomic E-state index is 0.0143. The lowest BCUT2D eigenvalue weighted by Gasteiger charge is -2.13. The molecule has 1 amide bonds. The Morgan fingerprint density at radius 1 is 1.24 bits per heavy atom. The molecule has 3 rings (SSSR count). The zero-order valence-electron chi connectivity index (χ0n) is 13.5. The summed E-state index contributed by atoms with van der Waals surface area (Å²) in [5.41, 5.74) is 1.63. The van der Waals surface area contributed by atoms with Crippen molar-refractivity contribution in [3.63, 3.8) is 0 Å².